The number of benzene rings is 2. The van der Waals surface area contributed by atoms with Crippen molar-refractivity contribution in [3.8, 4) is 0 Å². The molecule has 0 atom stereocenters. The van der Waals surface area contributed by atoms with Crippen LogP contribution in [0.15, 0.2) is 52.3 Å². The maximum Gasteiger partial charge on any atom is 0.243 e. The molecule has 1 aliphatic heterocycles. The Kier molecular flexibility index (Phi) is 8.24. The first-order chi connectivity index (χ1) is 15.6. The number of carbonyl (C=O) groups is 1. The molecule has 0 spiro atoms. The van der Waals surface area contributed by atoms with Crippen molar-refractivity contribution in [3.63, 3.8) is 0 Å². The molecular formula is C22H29N3O6S2. The van der Waals surface area contributed by atoms with Gasteiger partial charge in [-0.3, -0.25) is 4.79 Å². The lowest BCUT2D eigenvalue weighted by atomic mass is 10.1. The maximum absolute atomic E-state index is 12.7. The lowest BCUT2D eigenvalue weighted by molar-refractivity contribution is -0.116. The number of hydrogen-bond acceptors (Lipinski definition) is 6. The average molecular weight is 496 g/mol. The van der Waals surface area contributed by atoms with Gasteiger partial charge in [0.1, 0.15) is 0 Å². The molecule has 180 valence electrons. The number of hydrogen-bond donors (Lipinski definition) is 2. The zero-order valence-electron chi connectivity index (χ0n) is 18.7. The molecule has 9 nitrogen and oxygen atoms in total. The van der Waals surface area contributed by atoms with E-state index >= 15 is 0 Å². The van der Waals surface area contributed by atoms with Gasteiger partial charge in [0.05, 0.1) is 23.0 Å². The Balaban J connectivity index is 1.51. The van der Waals surface area contributed by atoms with Gasteiger partial charge in [-0.25, -0.2) is 21.6 Å². The summed E-state index contributed by atoms with van der Waals surface area (Å²) in [7, 11) is -7.52. The molecule has 0 unspecified atom stereocenters. The number of morpholine rings is 1. The molecule has 1 fully saturated rings. The van der Waals surface area contributed by atoms with Crippen molar-refractivity contribution in [3.05, 3.63) is 53.6 Å². The van der Waals surface area contributed by atoms with Gasteiger partial charge in [-0.1, -0.05) is 6.07 Å². The van der Waals surface area contributed by atoms with Gasteiger partial charge in [0, 0.05) is 31.7 Å². The summed E-state index contributed by atoms with van der Waals surface area (Å²) in [6.45, 7) is 5.23. The summed E-state index contributed by atoms with van der Waals surface area (Å²) in [5, 5.41) is 2.80. The van der Waals surface area contributed by atoms with E-state index in [4.69, 9.17) is 4.74 Å². The van der Waals surface area contributed by atoms with E-state index in [1.54, 1.807) is 0 Å². The van der Waals surface area contributed by atoms with E-state index < -0.39 is 20.0 Å². The van der Waals surface area contributed by atoms with Gasteiger partial charge < -0.3 is 10.1 Å². The van der Waals surface area contributed by atoms with Gasteiger partial charge in [-0.15, -0.1) is 0 Å². The normalized spacial score (nSPS) is 15.3. The molecule has 1 heterocycles. The number of nitrogens with one attached hydrogen (secondary N) is 2. The Morgan fingerprint density at radius 3 is 2.21 bits per heavy atom. The van der Waals surface area contributed by atoms with E-state index in [1.807, 2.05) is 32.0 Å². The molecule has 0 bridgehead atoms. The van der Waals surface area contributed by atoms with Crippen molar-refractivity contribution in [1.82, 2.24) is 9.03 Å². The van der Waals surface area contributed by atoms with E-state index in [2.05, 4.69) is 10.0 Å². The Hall–Kier alpha value is -2.31. The highest BCUT2D eigenvalue weighted by Crippen LogP contribution is 2.19. The number of ether oxygens (including phenoxy) is 1. The fourth-order valence-electron chi connectivity index (χ4n) is 3.31. The lowest BCUT2D eigenvalue weighted by Crippen LogP contribution is -2.40. The fraction of sp³-hybridized carbons (Fsp3) is 0.409. The van der Waals surface area contributed by atoms with E-state index in [-0.39, 0.29) is 41.8 Å². The summed E-state index contributed by atoms with van der Waals surface area (Å²) >= 11 is 0. The highest BCUT2D eigenvalue weighted by Gasteiger charge is 2.26. The van der Waals surface area contributed by atoms with E-state index in [9.17, 15) is 21.6 Å². The van der Waals surface area contributed by atoms with Gasteiger partial charge >= 0.3 is 0 Å². The molecule has 0 radical (unpaired) electrons. The smallest absolute Gasteiger partial charge is 0.243 e. The van der Waals surface area contributed by atoms with E-state index in [0.717, 1.165) is 11.1 Å². The number of aryl methyl sites for hydroxylation is 2. The first kappa shape index (κ1) is 25.3. The summed E-state index contributed by atoms with van der Waals surface area (Å²) in [5.41, 5.74) is 2.91. The number of amides is 1. The summed E-state index contributed by atoms with van der Waals surface area (Å²) < 4.78 is 59.3. The summed E-state index contributed by atoms with van der Waals surface area (Å²) in [6, 6.07) is 10.7. The molecule has 1 amide bonds. The van der Waals surface area contributed by atoms with Crippen LogP contribution >= 0.6 is 0 Å². The van der Waals surface area contributed by atoms with Gasteiger partial charge in [0.2, 0.25) is 26.0 Å². The molecule has 1 saturated heterocycles. The third-order valence-electron chi connectivity index (χ3n) is 5.41. The second-order valence-corrected chi connectivity index (χ2v) is 11.5. The molecule has 2 aromatic rings. The van der Waals surface area contributed by atoms with Crippen molar-refractivity contribution in [2.45, 2.75) is 36.5 Å². The van der Waals surface area contributed by atoms with Crippen LogP contribution in [0.2, 0.25) is 0 Å². The Morgan fingerprint density at radius 1 is 0.939 bits per heavy atom. The van der Waals surface area contributed by atoms with Crippen molar-refractivity contribution < 1.29 is 26.4 Å². The van der Waals surface area contributed by atoms with Crippen LogP contribution in [-0.4, -0.2) is 59.9 Å². The standard InChI is InChI=1S/C22H29N3O6S2/c1-17-5-6-19(16-18(17)2)24-22(26)4-3-11-23-32(27,28)20-7-9-21(10-8-20)33(29,30)25-12-14-31-15-13-25/h5-10,16,23H,3-4,11-15H2,1-2H3,(H,24,26). The molecule has 33 heavy (non-hydrogen) atoms. The monoisotopic (exact) mass is 495 g/mol. The van der Waals surface area contributed by atoms with Crippen LogP contribution < -0.4 is 10.0 Å². The van der Waals surface area contributed by atoms with Crippen LogP contribution in [0, 0.1) is 13.8 Å². The van der Waals surface area contributed by atoms with Crippen LogP contribution in [0.5, 0.6) is 0 Å². The first-order valence-corrected chi connectivity index (χ1v) is 13.6. The summed E-state index contributed by atoms with van der Waals surface area (Å²) in [6.07, 6.45) is 0.478. The summed E-state index contributed by atoms with van der Waals surface area (Å²) in [4.78, 5) is 12.1. The predicted octanol–water partition coefficient (Wildman–Crippen LogP) is 2.02. The van der Waals surface area contributed by atoms with Crippen molar-refractivity contribution in [1.29, 1.82) is 0 Å². The fourth-order valence-corrected chi connectivity index (χ4v) is 5.79. The van der Waals surface area contributed by atoms with Crippen molar-refractivity contribution in [2.75, 3.05) is 38.2 Å². The lowest BCUT2D eigenvalue weighted by Gasteiger charge is -2.26. The third-order valence-corrected chi connectivity index (χ3v) is 8.80. The molecule has 3 rings (SSSR count). The summed E-state index contributed by atoms with van der Waals surface area (Å²) in [5.74, 6) is -0.199. The zero-order chi connectivity index (χ0) is 24.1. The molecule has 2 aromatic carbocycles. The van der Waals surface area contributed by atoms with Crippen LogP contribution in [0.1, 0.15) is 24.0 Å². The average Bonchev–Trinajstić information content (AvgIpc) is 2.80. The number of sulfonamides is 2. The topological polar surface area (TPSA) is 122 Å². The Morgan fingerprint density at radius 2 is 1.58 bits per heavy atom. The molecule has 2 N–H and O–H groups in total. The first-order valence-electron chi connectivity index (χ1n) is 10.6. The number of nitrogens with zero attached hydrogens (tertiary/aromatic N) is 1. The Labute approximate surface area is 195 Å². The molecular weight excluding hydrogens is 466 g/mol. The molecule has 0 aromatic heterocycles. The molecule has 0 saturated carbocycles. The molecule has 0 aliphatic carbocycles. The number of anilines is 1. The molecule has 11 heteroatoms. The predicted molar refractivity (Wildman–Crippen MR) is 125 cm³/mol. The van der Waals surface area contributed by atoms with Crippen LogP contribution in [0.4, 0.5) is 5.69 Å². The minimum absolute atomic E-state index is 0.0337. The van der Waals surface area contributed by atoms with Gasteiger partial charge in [0.15, 0.2) is 0 Å². The maximum atomic E-state index is 12.7. The van der Waals surface area contributed by atoms with Crippen molar-refractivity contribution >= 4 is 31.6 Å². The van der Waals surface area contributed by atoms with Crippen molar-refractivity contribution in [2.24, 2.45) is 0 Å². The van der Waals surface area contributed by atoms with Crippen LogP contribution in [0.25, 0.3) is 0 Å². The van der Waals surface area contributed by atoms with E-state index in [0.29, 0.717) is 25.3 Å². The van der Waals surface area contributed by atoms with Crippen LogP contribution in [0.3, 0.4) is 0 Å². The highest BCUT2D eigenvalue weighted by molar-refractivity contribution is 7.89. The van der Waals surface area contributed by atoms with Gasteiger partial charge in [-0.2, -0.15) is 4.31 Å². The Bertz CT molecular complexity index is 1190. The minimum atomic E-state index is -3.82. The second-order valence-electron chi connectivity index (χ2n) is 7.84. The quantitative estimate of drug-likeness (QED) is 0.514. The van der Waals surface area contributed by atoms with E-state index in [1.165, 1.54) is 28.6 Å². The SMILES string of the molecule is Cc1ccc(NC(=O)CCCNS(=O)(=O)c2ccc(S(=O)(=O)N3CCOCC3)cc2)cc1C. The molecule has 1 aliphatic rings. The number of rotatable bonds is 9. The van der Waals surface area contributed by atoms with Crippen LogP contribution in [-0.2, 0) is 29.6 Å². The van der Waals surface area contributed by atoms with Gasteiger partial charge in [0.25, 0.3) is 0 Å². The largest absolute Gasteiger partial charge is 0.379 e. The second kappa shape index (κ2) is 10.7. The third kappa shape index (κ3) is 6.61. The minimum Gasteiger partial charge on any atom is -0.379 e. The van der Waals surface area contributed by atoms with Gasteiger partial charge in [-0.05, 0) is 67.8 Å². The zero-order valence-corrected chi connectivity index (χ0v) is 20.3. The highest BCUT2D eigenvalue weighted by atomic mass is 32.2. The number of carbonyl (C=O) groups excluding carboxylic acids is 1.